The first-order chi connectivity index (χ1) is 14.8. The summed E-state index contributed by atoms with van der Waals surface area (Å²) in [5.74, 6) is -1.07. The van der Waals surface area contributed by atoms with Crippen molar-refractivity contribution in [2.24, 2.45) is 0 Å². The van der Waals surface area contributed by atoms with Gasteiger partial charge in [0, 0.05) is 30.3 Å². The lowest BCUT2D eigenvalue weighted by molar-refractivity contribution is 0.0946. The smallest absolute Gasteiger partial charge is 0.247 e. The Kier molecular flexibility index (Phi) is 7.08. The molecule has 31 heavy (non-hydrogen) atoms. The van der Waals surface area contributed by atoms with Gasteiger partial charge in [-0.3, -0.25) is 9.59 Å². The van der Waals surface area contributed by atoms with E-state index in [2.05, 4.69) is 4.72 Å². The van der Waals surface area contributed by atoms with Gasteiger partial charge < -0.3 is 4.90 Å². The fourth-order valence-electron chi connectivity index (χ4n) is 3.85. The number of carbonyl (C=O) groups is 2. The molecule has 7 heteroatoms. The second-order valence-electron chi connectivity index (χ2n) is 7.62. The van der Waals surface area contributed by atoms with E-state index in [0.717, 1.165) is 5.56 Å². The Morgan fingerprint density at radius 1 is 0.839 bits per heavy atom. The topological polar surface area (TPSA) is 83.6 Å². The van der Waals surface area contributed by atoms with E-state index in [1.807, 2.05) is 44.2 Å². The minimum absolute atomic E-state index is 0.0276. The largest absolute Gasteiger partial charge is 0.367 e. The van der Waals surface area contributed by atoms with Crippen LogP contribution >= 0.6 is 0 Å². The Hall–Kier alpha value is -2.77. The van der Waals surface area contributed by atoms with Gasteiger partial charge in [-0.25, -0.2) is 13.1 Å². The average molecular weight is 441 g/mol. The summed E-state index contributed by atoms with van der Waals surface area (Å²) in [5.41, 5.74) is 1.11. The maximum Gasteiger partial charge on any atom is 0.247 e. The maximum absolute atomic E-state index is 13.5. The summed E-state index contributed by atoms with van der Waals surface area (Å²) >= 11 is 0. The zero-order valence-electron chi connectivity index (χ0n) is 18.1. The molecule has 1 unspecified atom stereocenters. The van der Waals surface area contributed by atoms with Gasteiger partial charge in [0.15, 0.2) is 4.91 Å². The van der Waals surface area contributed by atoms with Crippen LogP contribution in [0.4, 0.5) is 0 Å². The van der Waals surface area contributed by atoms with Crippen LogP contribution in [0.2, 0.25) is 0 Å². The molecule has 0 spiro atoms. The van der Waals surface area contributed by atoms with Gasteiger partial charge in [0.1, 0.15) is 5.70 Å². The third kappa shape index (κ3) is 4.62. The monoisotopic (exact) mass is 440 g/mol. The van der Waals surface area contributed by atoms with Gasteiger partial charge in [0.05, 0.1) is 0 Å². The molecule has 0 aliphatic heterocycles. The Balaban J connectivity index is 2.15. The Morgan fingerprint density at radius 2 is 1.35 bits per heavy atom. The molecule has 0 fully saturated rings. The van der Waals surface area contributed by atoms with Crippen molar-refractivity contribution in [3.63, 3.8) is 0 Å². The first-order valence-corrected chi connectivity index (χ1v) is 12.0. The highest BCUT2D eigenvalue weighted by atomic mass is 32.2. The summed E-state index contributed by atoms with van der Waals surface area (Å²) in [6.07, 6.45) is 1.43. The van der Waals surface area contributed by atoms with Gasteiger partial charge >= 0.3 is 0 Å². The summed E-state index contributed by atoms with van der Waals surface area (Å²) < 4.78 is 29.6. The molecule has 1 N–H and O–H groups in total. The fourth-order valence-corrected chi connectivity index (χ4v) is 5.40. The van der Waals surface area contributed by atoms with E-state index in [4.69, 9.17) is 0 Å². The van der Waals surface area contributed by atoms with Gasteiger partial charge in [-0.2, -0.15) is 0 Å². The summed E-state index contributed by atoms with van der Waals surface area (Å²) in [6, 6.07) is 14.9. The summed E-state index contributed by atoms with van der Waals surface area (Å²) in [6.45, 7) is 6.59. The standard InChI is InChI=1S/C24H28N2O4S/c1-4-15-26(16-5-2)21-22(27)19-13-9-10-14-20(19)23(28)24(21)31(29,30)25-17(3)18-11-7-6-8-12-18/h6-14,17,25H,4-5,15-16H2,1-3H3. The number of ketones is 2. The van der Waals surface area contributed by atoms with Crippen LogP contribution in [-0.4, -0.2) is 38.0 Å². The number of sulfonamides is 1. The molecule has 3 rings (SSSR count). The summed E-state index contributed by atoms with van der Waals surface area (Å²) in [5, 5.41) is 0. The number of rotatable bonds is 9. The molecule has 1 aliphatic carbocycles. The van der Waals surface area contributed by atoms with Crippen LogP contribution in [0.25, 0.3) is 0 Å². The van der Waals surface area contributed by atoms with Gasteiger partial charge in [0.2, 0.25) is 21.6 Å². The lowest BCUT2D eigenvalue weighted by Gasteiger charge is -2.31. The first-order valence-electron chi connectivity index (χ1n) is 10.6. The molecule has 2 aromatic rings. The molecule has 0 saturated carbocycles. The van der Waals surface area contributed by atoms with Gasteiger partial charge in [-0.05, 0) is 25.3 Å². The lowest BCUT2D eigenvalue weighted by Crippen LogP contribution is -2.40. The first kappa shape index (κ1) is 22.9. The van der Waals surface area contributed by atoms with Crippen LogP contribution in [0.3, 0.4) is 0 Å². The van der Waals surface area contributed by atoms with Crippen molar-refractivity contribution in [3.8, 4) is 0 Å². The maximum atomic E-state index is 13.5. The second-order valence-corrected chi connectivity index (χ2v) is 9.27. The predicted octanol–water partition coefficient (Wildman–Crippen LogP) is 4.08. The molecule has 0 saturated heterocycles. The van der Waals surface area contributed by atoms with Crippen LogP contribution in [0, 0.1) is 0 Å². The number of benzene rings is 2. The summed E-state index contributed by atoms with van der Waals surface area (Å²) in [7, 11) is -4.27. The van der Waals surface area contributed by atoms with Crippen molar-refractivity contribution in [1.29, 1.82) is 0 Å². The molecule has 6 nitrogen and oxygen atoms in total. The predicted molar refractivity (Wildman–Crippen MR) is 121 cm³/mol. The quantitative estimate of drug-likeness (QED) is 0.635. The Morgan fingerprint density at radius 3 is 1.90 bits per heavy atom. The average Bonchev–Trinajstić information content (AvgIpc) is 2.76. The van der Waals surface area contributed by atoms with E-state index < -0.39 is 32.5 Å². The number of allylic oxidation sites excluding steroid dienone is 2. The highest BCUT2D eigenvalue weighted by Crippen LogP contribution is 2.32. The number of carbonyl (C=O) groups excluding carboxylic acids is 2. The fraction of sp³-hybridized carbons (Fsp3) is 0.333. The molecule has 0 heterocycles. The normalized spacial score (nSPS) is 15.1. The van der Waals surface area contributed by atoms with Crippen molar-refractivity contribution in [3.05, 3.63) is 81.9 Å². The third-order valence-electron chi connectivity index (χ3n) is 5.26. The van der Waals surface area contributed by atoms with Crippen molar-refractivity contribution in [2.45, 2.75) is 39.7 Å². The molecule has 1 atom stereocenters. The Labute approximate surface area is 184 Å². The van der Waals surface area contributed by atoms with E-state index in [-0.39, 0.29) is 16.8 Å². The van der Waals surface area contributed by atoms with E-state index in [1.165, 1.54) is 6.07 Å². The van der Waals surface area contributed by atoms with Crippen LogP contribution < -0.4 is 4.72 Å². The number of fused-ring (bicyclic) bond motifs is 1. The minimum atomic E-state index is -4.27. The molecule has 1 aliphatic rings. The molecule has 2 aromatic carbocycles. The zero-order chi connectivity index (χ0) is 22.6. The van der Waals surface area contributed by atoms with Crippen LogP contribution in [0.5, 0.6) is 0 Å². The highest BCUT2D eigenvalue weighted by Gasteiger charge is 2.41. The minimum Gasteiger partial charge on any atom is -0.367 e. The van der Waals surface area contributed by atoms with Gasteiger partial charge in [0.25, 0.3) is 0 Å². The van der Waals surface area contributed by atoms with E-state index in [1.54, 1.807) is 30.0 Å². The SMILES string of the molecule is CCCN(CCC)C1=C(S(=O)(=O)NC(C)c2ccccc2)C(=O)c2ccccc2C1=O. The van der Waals surface area contributed by atoms with E-state index in [9.17, 15) is 18.0 Å². The van der Waals surface area contributed by atoms with Crippen molar-refractivity contribution < 1.29 is 18.0 Å². The van der Waals surface area contributed by atoms with Crippen molar-refractivity contribution >= 4 is 21.6 Å². The molecule has 0 amide bonds. The van der Waals surface area contributed by atoms with E-state index >= 15 is 0 Å². The highest BCUT2D eigenvalue weighted by molar-refractivity contribution is 7.94. The molecule has 0 aromatic heterocycles. The molecule has 0 bridgehead atoms. The molecule has 164 valence electrons. The van der Waals surface area contributed by atoms with Crippen molar-refractivity contribution in [1.82, 2.24) is 9.62 Å². The second kappa shape index (κ2) is 9.58. The van der Waals surface area contributed by atoms with Crippen LogP contribution in [0.1, 0.15) is 65.9 Å². The zero-order valence-corrected chi connectivity index (χ0v) is 18.9. The van der Waals surface area contributed by atoms with Crippen molar-refractivity contribution in [2.75, 3.05) is 13.1 Å². The van der Waals surface area contributed by atoms with Crippen LogP contribution in [-0.2, 0) is 10.0 Å². The van der Waals surface area contributed by atoms with Crippen LogP contribution in [0.15, 0.2) is 65.2 Å². The van der Waals surface area contributed by atoms with E-state index in [0.29, 0.717) is 25.9 Å². The number of Topliss-reactive ketones (excluding diaryl/α,β-unsaturated/α-hetero) is 2. The number of nitrogens with one attached hydrogen (secondary N) is 1. The molecular weight excluding hydrogens is 412 g/mol. The lowest BCUT2D eigenvalue weighted by atomic mass is 9.91. The van der Waals surface area contributed by atoms with Gasteiger partial charge in [-0.15, -0.1) is 0 Å². The summed E-state index contributed by atoms with van der Waals surface area (Å²) in [4.78, 5) is 28.1. The Bertz CT molecular complexity index is 1100. The number of nitrogens with zero attached hydrogens (tertiary/aromatic N) is 1. The third-order valence-corrected chi connectivity index (χ3v) is 6.84. The molecule has 0 radical (unpaired) electrons. The molecular formula is C24H28N2O4S. The number of hydrogen-bond acceptors (Lipinski definition) is 5. The van der Waals surface area contributed by atoms with Gasteiger partial charge in [-0.1, -0.05) is 68.4 Å². The number of hydrogen-bond donors (Lipinski definition) is 1.